The van der Waals surface area contributed by atoms with Crippen molar-refractivity contribution in [3.05, 3.63) is 75.6 Å². The molecule has 3 saturated heterocycles. The zero-order chi connectivity index (χ0) is 37.7. The molecule has 53 heavy (non-hydrogen) atoms. The number of nitrogen functional groups attached to an aromatic ring is 1. The first kappa shape index (κ1) is 37.2. The number of hydrogen-bond acceptors (Lipinski definition) is 17. The maximum Gasteiger partial charge on any atom is 0.472 e. The number of phosphoric ester groups is 1. The Morgan fingerprint density at radius 1 is 0.981 bits per heavy atom. The molecule has 1 aromatic carbocycles. The highest BCUT2D eigenvalue weighted by Gasteiger charge is 2.55. The Kier molecular flexibility index (Phi) is 10.3. The minimum Gasteiger partial charge on any atom is -0.411 e. The molecule has 21 nitrogen and oxygen atoms in total. The van der Waals surface area contributed by atoms with Crippen molar-refractivity contribution in [3.63, 3.8) is 0 Å². The minimum atomic E-state index is -5.25. The molecule has 0 radical (unpaired) electrons. The molecule has 4 bridgehead atoms. The van der Waals surface area contributed by atoms with Gasteiger partial charge in [0.25, 0.3) is 5.56 Å². The molecule has 3 aliphatic heterocycles. The topological polar surface area (TPSA) is 287 Å². The summed E-state index contributed by atoms with van der Waals surface area (Å²) in [5, 5.41) is 0. The number of nitrogens with two attached hydrogens (primary N) is 2. The van der Waals surface area contributed by atoms with Crippen molar-refractivity contribution >= 4 is 49.1 Å². The summed E-state index contributed by atoms with van der Waals surface area (Å²) in [4.78, 5) is 60.3. The predicted octanol–water partition coefficient (Wildman–Crippen LogP) is 1.85. The number of carbonyl (C=O) groups is 1. The lowest BCUT2D eigenvalue weighted by molar-refractivity contribution is -0.0648. The van der Waals surface area contributed by atoms with Gasteiger partial charge in [0.1, 0.15) is 42.0 Å². The fourth-order valence-corrected chi connectivity index (χ4v) is 9.98. The molecule has 3 unspecified atom stereocenters. The van der Waals surface area contributed by atoms with Crippen molar-refractivity contribution in [2.75, 3.05) is 18.9 Å². The van der Waals surface area contributed by atoms with Crippen LogP contribution in [0.5, 0.6) is 5.75 Å². The third-order valence-corrected chi connectivity index (χ3v) is 12.8. The first-order valence-electron chi connectivity index (χ1n) is 15.3. The molecule has 26 heteroatoms. The number of alkyl halides is 2. The van der Waals surface area contributed by atoms with Crippen LogP contribution < -0.4 is 27.5 Å². The number of amides is 1. The Labute approximate surface area is 298 Å². The van der Waals surface area contributed by atoms with E-state index < -0.39 is 94.4 Å². The molecule has 7 rings (SSSR count). The van der Waals surface area contributed by atoms with E-state index in [-0.39, 0.29) is 28.5 Å². The molecule has 3 fully saturated rings. The lowest BCUT2D eigenvalue weighted by Crippen LogP contribution is -2.38. The Bertz CT molecular complexity index is 2230. The Morgan fingerprint density at radius 2 is 1.64 bits per heavy atom. The number of H-pyrrole nitrogens is 1. The average Bonchev–Trinajstić information content (AvgIpc) is 3.76. The Morgan fingerprint density at radius 3 is 2.32 bits per heavy atom. The van der Waals surface area contributed by atoms with Gasteiger partial charge < -0.3 is 30.6 Å². The molecule has 6 heterocycles. The number of imidazole rings is 1. The van der Waals surface area contributed by atoms with Gasteiger partial charge in [-0.1, -0.05) is 12.1 Å². The molecule has 284 valence electrons. The fourth-order valence-electron chi connectivity index (χ4n) is 5.70. The number of aromatic nitrogens is 6. The Balaban J connectivity index is 1.23. The second-order valence-electron chi connectivity index (χ2n) is 11.6. The van der Waals surface area contributed by atoms with Gasteiger partial charge in [-0.15, -0.1) is 0 Å². The number of anilines is 1. The highest BCUT2D eigenvalue weighted by molar-refractivity contribution is 8.54. The third-order valence-electron chi connectivity index (χ3n) is 8.15. The van der Waals surface area contributed by atoms with Gasteiger partial charge >= 0.3 is 26.4 Å². The number of phosphoric acid groups is 1. The van der Waals surface area contributed by atoms with E-state index in [0.29, 0.717) is 16.9 Å². The van der Waals surface area contributed by atoms with Gasteiger partial charge in [0.05, 0.1) is 19.5 Å². The van der Waals surface area contributed by atoms with E-state index in [2.05, 4.69) is 15.0 Å². The van der Waals surface area contributed by atoms with Gasteiger partial charge in [-0.25, -0.2) is 42.5 Å². The summed E-state index contributed by atoms with van der Waals surface area (Å²) in [5.41, 5.74) is 9.70. The van der Waals surface area contributed by atoms with Gasteiger partial charge in [-0.05, 0) is 29.1 Å². The standard InChI is InChI=1S/C27H28F2N8O13P2S/c28-17-15-8-45-52(43,53-9-12-1-3-13(4-2-12)46-26(31)39)50-21-18(29)14(47-24(21)36-6-5-16(38)35-27(36)40)7-44-51(41,42)49-20(17)25(48-15)37-11-34-19-22(30)32-10-33-23(19)37/h1-6,10-11,14-15,17-18,20-21,24-25H,7-9H2,(H2,31,39)(H,41,42)(H2,30,32,33)(H,35,38,40)/t14?,15-,17-,18-,20-,21-,24-,25-,52?/m1/s1. The summed E-state index contributed by atoms with van der Waals surface area (Å²) < 4.78 is 100. The van der Waals surface area contributed by atoms with Crippen LogP contribution in [0.4, 0.5) is 19.4 Å². The molecule has 10 atom stereocenters. The Hall–Kier alpha value is -4.09. The molecule has 3 aliphatic rings. The minimum absolute atomic E-state index is 0.0288. The van der Waals surface area contributed by atoms with E-state index in [4.69, 9.17) is 43.8 Å². The normalized spacial score (nSPS) is 33.4. The van der Waals surface area contributed by atoms with Crippen molar-refractivity contribution in [1.29, 1.82) is 0 Å². The van der Waals surface area contributed by atoms with Crippen molar-refractivity contribution in [1.82, 2.24) is 29.1 Å². The maximum atomic E-state index is 16.2. The second kappa shape index (κ2) is 14.6. The third kappa shape index (κ3) is 7.78. The van der Waals surface area contributed by atoms with Gasteiger partial charge in [0, 0.05) is 18.0 Å². The largest absolute Gasteiger partial charge is 0.472 e. The number of carbonyl (C=O) groups excluding carboxylic acids is 1. The number of halogens is 2. The van der Waals surface area contributed by atoms with Gasteiger partial charge in [-0.3, -0.25) is 37.0 Å². The van der Waals surface area contributed by atoms with Gasteiger partial charge in [0.15, 0.2) is 36.3 Å². The van der Waals surface area contributed by atoms with E-state index in [0.717, 1.165) is 29.5 Å². The van der Waals surface area contributed by atoms with Crippen molar-refractivity contribution < 1.29 is 59.9 Å². The molecule has 4 aromatic rings. The smallest absolute Gasteiger partial charge is 0.411 e. The molecule has 0 aliphatic carbocycles. The van der Waals surface area contributed by atoms with Crippen LogP contribution in [0.2, 0.25) is 0 Å². The quantitative estimate of drug-likeness (QED) is 0.202. The van der Waals surface area contributed by atoms with Crippen LogP contribution in [0.1, 0.15) is 18.0 Å². The maximum absolute atomic E-state index is 16.2. The lowest BCUT2D eigenvalue weighted by atomic mass is 10.1. The van der Waals surface area contributed by atoms with Crippen molar-refractivity contribution in [3.8, 4) is 5.75 Å². The molecular formula is C27H28F2N8O13P2S. The summed E-state index contributed by atoms with van der Waals surface area (Å²) in [6.45, 7) is -6.52. The van der Waals surface area contributed by atoms with E-state index in [1.807, 2.05) is 4.98 Å². The number of rotatable bonds is 6. The fraction of sp³-hybridized carbons (Fsp3) is 0.407. The predicted molar refractivity (Wildman–Crippen MR) is 176 cm³/mol. The number of hydrogen-bond donors (Lipinski definition) is 4. The number of aromatic amines is 1. The zero-order valence-corrected chi connectivity index (χ0v) is 29.3. The van der Waals surface area contributed by atoms with Crippen LogP contribution >= 0.6 is 26.0 Å². The number of fused-ring (bicyclic) bond motifs is 5. The average molecular weight is 805 g/mol. The number of nitrogens with zero attached hydrogens (tertiary/aromatic N) is 5. The van der Waals surface area contributed by atoms with Crippen LogP contribution in [0.15, 0.2) is 58.8 Å². The number of primary amides is 1. The number of ether oxygens (including phenoxy) is 3. The van der Waals surface area contributed by atoms with Crippen LogP contribution in [0, 0.1) is 0 Å². The van der Waals surface area contributed by atoms with Crippen molar-refractivity contribution in [2.24, 2.45) is 5.73 Å². The van der Waals surface area contributed by atoms with Gasteiger partial charge in [-0.2, -0.15) is 0 Å². The van der Waals surface area contributed by atoms with E-state index in [1.54, 1.807) is 0 Å². The molecule has 0 saturated carbocycles. The number of benzene rings is 1. The first-order chi connectivity index (χ1) is 25.2. The SMILES string of the molecule is NC(=O)Oc1ccc(CSP2(=O)OC[C@H]3O[C@@H](n4cnc5c(N)ncnc54)[C@H](OP(=O)(O)OCC4O[C@@H](n5ccc(=O)[nH]c5=O)[C@H](O2)[C@@H]4F)[C@@H]3F)cc1. The first-order valence-corrected chi connectivity index (χ1v) is 20.0. The summed E-state index contributed by atoms with van der Waals surface area (Å²) in [7, 11) is -5.25. The van der Waals surface area contributed by atoms with Crippen molar-refractivity contribution in [2.45, 2.75) is 55.0 Å². The van der Waals surface area contributed by atoms with Gasteiger partial charge in [0.2, 0.25) is 0 Å². The van der Waals surface area contributed by atoms with E-state index >= 15 is 8.78 Å². The highest BCUT2D eigenvalue weighted by atomic mass is 32.7. The molecular weight excluding hydrogens is 776 g/mol. The van der Waals surface area contributed by atoms with Crippen LogP contribution in [-0.4, -0.2) is 90.0 Å². The van der Waals surface area contributed by atoms with Crippen LogP contribution in [0.3, 0.4) is 0 Å². The highest BCUT2D eigenvalue weighted by Crippen LogP contribution is 2.65. The lowest BCUT2D eigenvalue weighted by Gasteiger charge is -2.27. The van der Waals surface area contributed by atoms with E-state index in [1.165, 1.54) is 28.8 Å². The van der Waals surface area contributed by atoms with Crippen LogP contribution in [0.25, 0.3) is 11.2 Å². The summed E-state index contributed by atoms with van der Waals surface area (Å²) in [6.07, 6.45) is -13.0. The van der Waals surface area contributed by atoms with E-state index in [9.17, 15) is 28.4 Å². The van der Waals surface area contributed by atoms with Crippen LogP contribution in [-0.2, 0) is 42.5 Å². The second-order valence-corrected chi connectivity index (χ2v) is 17.0. The summed E-state index contributed by atoms with van der Waals surface area (Å²) >= 11 is 0.545. The molecule has 3 aromatic heterocycles. The molecule has 0 spiro atoms. The summed E-state index contributed by atoms with van der Waals surface area (Å²) in [5.74, 6) is -0.0533. The monoisotopic (exact) mass is 804 g/mol. The molecule has 6 N–H and O–H groups in total. The summed E-state index contributed by atoms with van der Waals surface area (Å²) in [6, 6.07) is 6.73. The zero-order valence-electron chi connectivity index (χ0n) is 26.7. The molecule has 1 amide bonds. The number of nitrogens with one attached hydrogen (secondary N) is 1.